The Morgan fingerprint density at radius 2 is 2.14 bits per heavy atom. The second kappa shape index (κ2) is 2.83. The van der Waals surface area contributed by atoms with Crippen LogP contribution in [-0.2, 0) is 19.4 Å². The minimum absolute atomic E-state index is 0.0619. The number of aryl methyl sites for hydroxylation is 1. The van der Waals surface area contributed by atoms with Crippen molar-refractivity contribution in [2.45, 2.75) is 32.2 Å². The van der Waals surface area contributed by atoms with Crippen molar-refractivity contribution >= 4 is 5.91 Å². The molecule has 0 saturated carbocycles. The predicted octanol–water partition coefficient (Wildman–Crippen LogP) is 0.505. The van der Waals surface area contributed by atoms with Gasteiger partial charge in [0.2, 0.25) is 0 Å². The largest absolute Gasteiger partial charge is 0.349 e. The van der Waals surface area contributed by atoms with Gasteiger partial charge >= 0.3 is 0 Å². The fourth-order valence-corrected chi connectivity index (χ4v) is 2.38. The first-order valence-corrected chi connectivity index (χ1v) is 5.23. The number of fused-ring (bicyclic) bond motifs is 3. The minimum atomic E-state index is 0.0619. The highest BCUT2D eigenvalue weighted by atomic mass is 16.2. The molecule has 0 aromatic carbocycles. The van der Waals surface area contributed by atoms with Crippen LogP contribution in [-0.4, -0.2) is 22.2 Å². The predicted molar refractivity (Wildman–Crippen MR) is 51.2 cm³/mol. The standard InChI is InChI=1S/C10H13N3O/c14-10-9-7-3-1-2-4-8(7)12-13(9)6-5-11-10/h1-6H2,(H,11,14). The van der Waals surface area contributed by atoms with Gasteiger partial charge in [0, 0.05) is 12.1 Å². The normalized spacial score (nSPS) is 19.9. The van der Waals surface area contributed by atoms with Crippen LogP contribution in [0.25, 0.3) is 0 Å². The summed E-state index contributed by atoms with van der Waals surface area (Å²) in [6, 6.07) is 0. The van der Waals surface area contributed by atoms with E-state index in [1.165, 1.54) is 18.4 Å². The molecule has 0 bridgehead atoms. The number of hydrogen-bond acceptors (Lipinski definition) is 2. The number of rotatable bonds is 0. The fourth-order valence-electron chi connectivity index (χ4n) is 2.38. The van der Waals surface area contributed by atoms with Crippen LogP contribution in [0.5, 0.6) is 0 Å². The maximum Gasteiger partial charge on any atom is 0.269 e. The number of nitrogens with zero attached hydrogens (tertiary/aromatic N) is 2. The summed E-state index contributed by atoms with van der Waals surface area (Å²) in [4.78, 5) is 11.6. The molecule has 3 rings (SSSR count). The molecule has 0 atom stereocenters. The lowest BCUT2D eigenvalue weighted by molar-refractivity contribution is 0.0923. The monoisotopic (exact) mass is 191 g/mol. The SMILES string of the molecule is O=C1NCCn2nc3c(c21)CCCC3. The second-order valence-electron chi connectivity index (χ2n) is 3.96. The summed E-state index contributed by atoms with van der Waals surface area (Å²) in [6.45, 7) is 1.54. The van der Waals surface area contributed by atoms with E-state index in [1.54, 1.807) is 0 Å². The first-order valence-electron chi connectivity index (χ1n) is 5.23. The van der Waals surface area contributed by atoms with E-state index < -0.39 is 0 Å². The third-order valence-corrected chi connectivity index (χ3v) is 3.05. The molecule has 1 aromatic heterocycles. The Balaban J connectivity index is 2.16. The van der Waals surface area contributed by atoms with Crippen molar-refractivity contribution in [3.63, 3.8) is 0 Å². The zero-order valence-electron chi connectivity index (χ0n) is 8.05. The molecule has 1 aromatic rings. The van der Waals surface area contributed by atoms with Gasteiger partial charge in [0.25, 0.3) is 5.91 Å². The molecule has 1 aliphatic heterocycles. The molecule has 0 saturated heterocycles. The maximum atomic E-state index is 11.6. The summed E-state index contributed by atoms with van der Waals surface area (Å²) in [5.74, 6) is 0.0619. The quantitative estimate of drug-likeness (QED) is 0.649. The van der Waals surface area contributed by atoms with Gasteiger partial charge in [-0.15, -0.1) is 0 Å². The zero-order chi connectivity index (χ0) is 9.54. The number of carbonyl (C=O) groups is 1. The van der Waals surface area contributed by atoms with Crippen LogP contribution in [0, 0.1) is 0 Å². The van der Waals surface area contributed by atoms with Crippen LogP contribution in [0.2, 0.25) is 0 Å². The summed E-state index contributed by atoms with van der Waals surface area (Å²) in [6.07, 6.45) is 4.48. The molecule has 74 valence electrons. The molecule has 0 fully saturated rings. The molecule has 1 aliphatic carbocycles. The van der Waals surface area contributed by atoms with Crippen LogP contribution in [0.4, 0.5) is 0 Å². The van der Waals surface area contributed by atoms with E-state index in [2.05, 4.69) is 10.4 Å². The molecule has 0 unspecified atom stereocenters. The highest BCUT2D eigenvalue weighted by Gasteiger charge is 2.26. The molecular formula is C10H13N3O. The lowest BCUT2D eigenvalue weighted by atomic mass is 9.95. The first kappa shape index (κ1) is 8.03. The lowest BCUT2D eigenvalue weighted by Gasteiger charge is -2.16. The molecule has 0 radical (unpaired) electrons. The number of amides is 1. The Morgan fingerprint density at radius 3 is 3.07 bits per heavy atom. The summed E-state index contributed by atoms with van der Waals surface area (Å²) in [5, 5.41) is 7.37. The Hall–Kier alpha value is -1.32. The Morgan fingerprint density at radius 1 is 1.29 bits per heavy atom. The van der Waals surface area contributed by atoms with Crippen molar-refractivity contribution in [1.82, 2.24) is 15.1 Å². The van der Waals surface area contributed by atoms with Gasteiger partial charge in [0.05, 0.1) is 12.2 Å². The van der Waals surface area contributed by atoms with Crippen molar-refractivity contribution in [3.05, 3.63) is 17.0 Å². The number of carbonyl (C=O) groups excluding carboxylic acids is 1. The molecule has 1 amide bonds. The van der Waals surface area contributed by atoms with Gasteiger partial charge in [-0.25, -0.2) is 0 Å². The van der Waals surface area contributed by atoms with Gasteiger partial charge in [-0.1, -0.05) is 0 Å². The van der Waals surface area contributed by atoms with Crippen molar-refractivity contribution in [3.8, 4) is 0 Å². The average molecular weight is 191 g/mol. The van der Waals surface area contributed by atoms with Gasteiger partial charge in [-0.3, -0.25) is 9.48 Å². The molecule has 14 heavy (non-hydrogen) atoms. The van der Waals surface area contributed by atoms with E-state index in [9.17, 15) is 4.79 Å². The number of nitrogens with one attached hydrogen (secondary N) is 1. The average Bonchev–Trinajstić information content (AvgIpc) is 2.57. The first-order chi connectivity index (χ1) is 6.86. The van der Waals surface area contributed by atoms with Crippen molar-refractivity contribution in [2.24, 2.45) is 0 Å². The topological polar surface area (TPSA) is 46.9 Å². The van der Waals surface area contributed by atoms with Gasteiger partial charge in [0.15, 0.2) is 0 Å². The van der Waals surface area contributed by atoms with Gasteiger partial charge in [-0.2, -0.15) is 5.10 Å². The summed E-state index contributed by atoms with van der Waals surface area (Å²) < 4.78 is 1.88. The Kier molecular flexibility index (Phi) is 1.63. The van der Waals surface area contributed by atoms with E-state index in [4.69, 9.17) is 0 Å². The van der Waals surface area contributed by atoms with Gasteiger partial charge in [0.1, 0.15) is 5.69 Å². The Labute approximate surface area is 82.3 Å². The molecule has 2 heterocycles. The molecule has 0 spiro atoms. The zero-order valence-corrected chi connectivity index (χ0v) is 8.05. The van der Waals surface area contributed by atoms with E-state index >= 15 is 0 Å². The van der Waals surface area contributed by atoms with Crippen molar-refractivity contribution in [2.75, 3.05) is 6.54 Å². The highest BCUT2D eigenvalue weighted by molar-refractivity contribution is 5.94. The summed E-state index contributed by atoms with van der Waals surface area (Å²) in [7, 11) is 0. The molecule has 1 N–H and O–H groups in total. The number of aromatic nitrogens is 2. The minimum Gasteiger partial charge on any atom is -0.349 e. The lowest BCUT2D eigenvalue weighted by Crippen LogP contribution is -2.36. The molecule has 2 aliphatic rings. The number of hydrogen-bond donors (Lipinski definition) is 1. The van der Waals surface area contributed by atoms with Crippen LogP contribution < -0.4 is 5.32 Å². The third-order valence-electron chi connectivity index (χ3n) is 3.05. The van der Waals surface area contributed by atoms with Crippen molar-refractivity contribution < 1.29 is 4.79 Å². The highest BCUT2D eigenvalue weighted by Crippen LogP contribution is 2.24. The fraction of sp³-hybridized carbons (Fsp3) is 0.600. The van der Waals surface area contributed by atoms with E-state index in [0.29, 0.717) is 6.54 Å². The van der Waals surface area contributed by atoms with E-state index in [1.807, 2.05) is 4.68 Å². The Bertz CT molecular complexity index is 394. The molecule has 4 nitrogen and oxygen atoms in total. The van der Waals surface area contributed by atoms with Crippen LogP contribution in [0.15, 0.2) is 0 Å². The van der Waals surface area contributed by atoms with Gasteiger partial charge in [-0.05, 0) is 25.7 Å². The summed E-state index contributed by atoms with van der Waals surface area (Å²) >= 11 is 0. The van der Waals surface area contributed by atoms with E-state index in [0.717, 1.165) is 30.8 Å². The van der Waals surface area contributed by atoms with Crippen molar-refractivity contribution in [1.29, 1.82) is 0 Å². The van der Waals surface area contributed by atoms with Crippen LogP contribution in [0.1, 0.15) is 34.6 Å². The van der Waals surface area contributed by atoms with E-state index in [-0.39, 0.29) is 5.91 Å². The van der Waals surface area contributed by atoms with Crippen LogP contribution >= 0.6 is 0 Å². The molecular weight excluding hydrogens is 178 g/mol. The molecule has 4 heteroatoms. The second-order valence-corrected chi connectivity index (χ2v) is 3.96. The van der Waals surface area contributed by atoms with Crippen LogP contribution in [0.3, 0.4) is 0 Å². The smallest absolute Gasteiger partial charge is 0.269 e. The third kappa shape index (κ3) is 0.997. The maximum absolute atomic E-state index is 11.6. The summed E-state index contributed by atoms with van der Waals surface area (Å²) in [5.41, 5.74) is 3.18. The van der Waals surface area contributed by atoms with Gasteiger partial charge < -0.3 is 5.32 Å².